The topological polar surface area (TPSA) is 57.4 Å². The van der Waals surface area contributed by atoms with Crippen molar-refractivity contribution >= 4 is 0 Å². The smallest absolute Gasteiger partial charge is 0.137 e. The predicted molar refractivity (Wildman–Crippen MR) is 63.4 cm³/mol. The molecule has 1 aromatic heterocycles. The number of methoxy groups -OCH3 is 1. The summed E-state index contributed by atoms with van der Waals surface area (Å²) in [6.07, 6.45) is 3.49. The summed E-state index contributed by atoms with van der Waals surface area (Å²) < 4.78 is 10.4. The van der Waals surface area contributed by atoms with E-state index in [0.717, 1.165) is 24.3 Å². The Morgan fingerprint density at radius 3 is 2.75 bits per heavy atom. The maximum atomic E-state index is 5.86. The van der Waals surface area contributed by atoms with Crippen LogP contribution in [0.1, 0.15) is 31.5 Å². The second-order valence-electron chi connectivity index (χ2n) is 3.63. The molecule has 1 aromatic rings. The molecule has 90 valence electrons. The summed E-state index contributed by atoms with van der Waals surface area (Å²) in [5.41, 5.74) is 6.77. The van der Waals surface area contributed by atoms with Crippen LogP contribution in [0.5, 0.6) is 5.75 Å². The van der Waals surface area contributed by atoms with Gasteiger partial charge >= 0.3 is 0 Å². The van der Waals surface area contributed by atoms with Crippen molar-refractivity contribution in [2.45, 2.75) is 25.8 Å². The number of aromatic nitrogens is 1. The SMILES string of the molecule is CC[C@H](N)c1ccc(OCCCOC)cn1. The molecule has 1 atom stereocenters. The minimum absolute atomic E-state index is 0.0162. The Bertz CT molecular complexity index is 288. The van der Waals surface area contributed by atoms with Crippen molar-refractivity contribution in [3.63, 3.8) is 0 Å². The van der Waals surface area contributed by atoms with Gasteiger partial charge in [0.05, 0.1) is 18.5 Å². The Morgan fingerprint density at radius 1 is 1.38 bits per heavy atom. The first-order valence-electron chi connectivity index (χ1n) is 5.61. The van der Waals surface area contributed by atoms with Crippen molar-refractivity contribution in [1.29, 1.82) is 0 Å². The zero-order valence-corrected chi connectivity index (χ0v) is 9.98. The van der Waals surface area contributed by atoms with E-state index in [2.05, 4.69) is 4.98 Å². The summed E-state index contributed by atoms with van der Waals surface area (Å²) in [6, 6.07) is 3.84. The highest BCUT2D eigenvalue weighted by Crippen LogP contribution is 2.15. The van der Waals surface area contributed by atoms with Crippen molar-refractivity contribution in [2.75, 3.05) is 20.3 Å². The quantitative estimate of drug-likeness (QED) is 0.719. The summed E-state index contributed by atoms with van der Waals surface area (Å²) in [4.78, 5) is 4.27. The van der Waals surface area contributed by atoms with Crippen LogP contribution in [0.4, 0.5) is 0 Å². The molecule has 0 fully saturated rings. The summed E-state index contributed by atoms with van der Waals surface area (Å²) in [6.45, 7) is 3.41. The molecule has 1 heterocycles. The van der Waals surface area contributed by atoms with Gasteiger partial charge in [-0.1, -0.05) is 6.92 Å². The van der Waals surface area contributed by atoms with Gasteiger partial charge in [0.25, 0.3) is 0 Å². The maximum Gasteiger partial charge on any atom is 0.137 e. The minimum Gasteiger partial charge on any atom is -0.492 e. The lowest BCUT2D eigenvalue weighted by Gasteiger charge is -2.09. The first-order chi connectivity index (χ1) is 7.77. The van der Waals surface area contributed by atoms with Gasteiger partial charge in [0.2, 0.25) is 0 Å². The van der Waals surface area contributed by atoms with Crippen LogP contribution >= 0.6 is 0 Å². The lowest BCUT2D eigenvalue weighted by Crippen LogP contribution is -2.10. The molecule has 0 saturated heterocycles. The van der Waals surface area contributed by atoms with E-state index in [0.29, 0.717) is 13.2 Å². The van der Waals surface area contributed by atoms with E-state index in [1.807, 2.05) is 19.1 Å². The molecule has 0 unspecified atom stereocenters. The normalized spacial score (nSPS) is 12.4. The number of hydrogen-bond acceptors (Lipinski definition) is 4. The fourth-order valence-electron chi connectivity index (χ4n) is 1.30. The molecule has 0 aliphatic rings. The molecule has 1 rings (SSSR count). The van der Waals surface area contributed by atoms with E-state index in [1.165, 1.54) is 0 Å². The van der Waals surface area contributed by atoms with Crippen molar-refractivity contribution in [1.82, 2.24) is 4.98 Å². The summed E-state index contributed by atoms with van der Waals surface area (Å²) in [5, 5.41) is 0. The maximum absolute atomic E-state index is 5.86. The summed E-state index contributed by atoms with van der Waals surface area (Å²) in [7, 11) is 1.68. The van der Waals surface area contributed by atoms with Crippen molar-refractivity contribution in [2.24, 2.45) is 5.73 Å². The molecule has 0 aromatic carbocycles. The van der Waals surface area contributed by atoms with Crippen LogP contribution in [0, 0.1) is 0 Å². The highest BCUT2D eigenvalue weighted by molar-refractivity contribution is 5.21. The second-order valence-corrected chi connectivity index (χ2v) is 3.63. The van der Waals surface area contributed by atoms with E-state index in [4.69, 9.17) is 15.2 Å². The number of rotatable bonds is 7. The Labute approximate surface area is 96.8 Å². The largest absolute Gasteiger partial charge is 0.492 e. The number of hydrogen-bond donors (Lipinski definition) is 1. The zero-order chi connectivity index (χ0) is 11.8. The van der Waals surface area contributed by atoms with Crippen LogP contribution in [0.3, 0.4) is 0 Å². The zero-order valence-electron chi connectivity index (χ0n) is 9.98. The third-order valence-corrected chi connectivity index (χ3v) is 2.34. The number of nitrogens with two attached hydrogens (primary N) is 1. The number of pyridine rings is 1. The first-order valence-corrected chi connectivity index (χ1v) is 5.61. The van der Waals surface area contributed by atoms with Gasteiger partial charge in [0.15, 0.2) is 0 Å². The lowest BCUT2D eigenvalue weighted by molar-refractivity contribution is 0.172. The van der Waals surface area contributed by atoms with Gasteiger partial charge in [0, 0.05) is 26.2 Å². The van der Waals surface area contributed by atoms with E-state index < -0.39 is 0 Å². The highest BCUT2D eigenvalue weighted by Gasteiger charge is 2.04. The van der Waals surface area contributed by atoms with Gasteiger partial charge in [-0.3, -0.25) is 4.98 Å². The monoisotopic (exact) mass is 224 g/mol. The molecular weight excluding hydrogens is 204 g/mol. The molecule has 0 amide bonds. The van der Waals surface area contributed by atoms with Crippen LogP contribution in [0.15, 0.2) is 18.3 Å². The van der Waals surface area contributed by atoms with Gasteiger partial charge < -0.3 is 15.2 Å². The van der Waals surface area contributed by atoms with Crippen molar-refractivity contribution < 1.29 is 9.47 Å². The van der Waals surface area contributed by atoms with E-state index in [1.54, 1.807) is 13.3 Å². The molecule has 2 N–H and O–H groups in total. The molecule has 16 heavy (non-hydrogen) atoms. The van der Waals surface area contributed by atoms with Crippen LogP contribution in [-0.4, -0.2) is 25.3 Å². The van der Waals surface area contributed by atoms with Crippen molar-refractivity contribution in [3.8, 4) is 5.75 Å². The van der Waals surface area contributed by atoms with E-state index in [-0.39, 0.29) is 6.04 Å². The molecule has 0 aliphatic heterocycles. The average molecular weight is 224 g/mol. The Kier molecular flexibility index (Phi) is 5.82. The van der Waals surface area contributed by atoms with Crippen LogP contribution in [0.2, 0.25) is 0 Å². The van der Waals surface area contributed by atoms with Crippen LogP contribution in [0.25, 0.3) is 0 Å². The Morgan fingerprint density at radius 2 is 2.19 bits per heavy atom. The van der Waals surface area contributed by atoms with Crippen LogP contribution in [-0.2, 0) is 4.74 Å². The van der Waals surface area contributed by atoms with E-state index >= 15 is 0 Å². The summed E-state index contributed by atoms with van der Waals surface area (Å²) in [5.74, 6) is 0.781. The molecule has 0 aliphatic carbocycles. The molecule has 0 saturated carbocycles. The molecular formula is C12H20N2O2. The average Bonchev–Trinajstić information content (AvgIpc) is 2.34. The molecule has 0 bridgehead atoms. The highest BCUT2D eigenvalue weighted by atomic mass is 16.5. The predicted octanol–water partition coefficient (Wildman–Crippen LogP) is 1.91. The first kappa shape index (κ1) is 12.9. The molecule has 0 radical (unpaired) electrons. The lowest BCUT2D eigenvalue weighted by atomic mass is 10.1. The van der Waals surface area contributed by atoms with Crippen molar-refractivity contribution in [3.05, 3.63) is 24.0 Å². The van der Waals surface area contributed by atoms with Gasteiger partial charge in [0.1, 0.15) is 5.75 Å². The fourth-order valence-corrected chi connectivity index (χ4v) is 1.30. The molecule has 4 heteroatoms. The van der Waals surface area contributed by atoms with Gasteiger partial charge in [-0.25, -0.2) is 0 Å². The fraction of sp³-hybridized carbons (Fsp3) is 0.583. The minimum atomic E-state index is 0.0162. The standard InChI is InChI=1S/C12H20N2O2/c1-3-11(13)12-6-5-10(9-14-12)16-8-4-7-15-2/h5-6,9,11H,3-4,7-8,13H2,1-2H3/t11-/m0/s1. The Hall–Kier alpha value is -1.13. The summed E-state index contributed by atoms with van der Waals surface area (Å²) >= 11 is 0. The third kappa shape index (κ3) is 4.16. The Balaban J connectivity index is 2.39. The molecule has 4 nitrogen and oxygen atoms in total. The van der Waals surface area contributed by atoms with Crippen LogP contribution < -0.4 is 10.5 Å². The second kappa shape index (κ2) is 7.19. The third-order valence-electron chi connectivity index (χ3n) is 2.34. The number of ether oxygens (including phenoxy) is 2. The number of nitrogens with zero attached hydrogens (tertiary/aromatic N) is 1. The van der Waals surface area contributed by atoms with Gasteiger partial charge in [-0.2, -0.15) is 0 Å². The van der Waals surface area contributed by atoms with Gasteiger partial charge in [-0.15, -0.1) is 0 Å². The van der Waals surface area contributed by atoms with E-state index in [9.17, 15) is 0 Å². The molecule has 0 spiro atoms. The van der Waals surface area contributed by atoms with Gasteiger partial charge in [-0.05, 0) is 18.6 Å².